The molecule has 1 amide bonds. The molecule has 1 aromatic carbocycles. The van der Waals surface area contributed by atoms with Crippen LogP contribution >= 0.6 is 12.4 Å². The standard InChI is InChI=1S/C14H20N2O.ClH/c1-10-6-7-12(11(2)9-10)16-14(17)13-5-3-4-8-15-13;/h6-7,9,13,15H,3-5,8H2,1-2H3,(H,16,17);1H/t13-;/m0./s1. The first-order chi connectivity index (χ1) is 8.16. The summed E-state index contributed by atoms with van der Waals surface area (Å²) in [6, 6.07) is 6.07. The van der Waals surface area contributed by atoms with Crippen LogP contribution in [0.25, 0.3) is 0 Å². The molecule has 1 fully saturated rings. The average Bonchev–Trinajstić information content (AvgIpc) is 2.34. The van der Waals surface area contributed by atoms with Crippen LogP contribution in [0, 0.1) is 13.8 Å². The summed E-state index contributed by atoms with van der Waals surface area (Å²) in [5.41, 5.74) is 3.26. The fourth-order valence-electron chi connectivity index (χ4n) is 2.25. The molecule has 100 valence electrons. The summed E-state index contributed by atoms with van der Waals surface area (Å²) >= 11 is 0. The Hall–Kier alpha value is -1.06. The molecule has 0 spiro atoms. The van der Waals surface area contributed by atoms with Gasteiger partial charge in [0.05, 0.1) is 6.04 Å². The van der Waals surface area contributed by atoms with Gasteiger partial charge in [0.25, 0.3) is 0 Å². The van der Waals surface area contributed by atoms with E-state index in [0.717, 1.165) is 30.6 Å². The molecular formula is C14H21ClN2O. The van der Waals surface area contributed by atoms with Crippen LogP contribution in [0.4, 0.5) is 5.69 Å². The van der Waals surface area contributed by atoms with Crippen LogP contribution in [0.1, 0.15) is 30.4 Å². The molecule has 0 saturated carbocycles. The van der Waals surface area contributed by atoms with Crippen LogP contribution in [0.5, 0.6) is 0 Å². The average molecular weight is 269 g/mol. The van der Waals surface area contributed by atoms with E-state index >= 15 is 0 Å². The number of carbonyl (C=O) groups is 1. The number of rotatable bonds is 2. The summed E-state index contributed by atoms with van der Waals surface area (Å²) in [5.74, 6) is 0.0941. The summed E-state index contributed by atoms with van der Waals surface area (Å²) in [7, 11) is 0. The summed E-state index contributed by atoms with van der Waals surface area (Å²) in [6.45, 7) is 5.03. The maximum absolute atomic E-state index is 12.0. The third-order valence-electron chi connectivity index (χ3n) is 3.27. The highest BCUT2D eigenvalue weighted by molar-refractivity contribution is 5.95. The highest BCUT2D eigenvalue weighted by atomic mass is 35.5. The van der Waals surface area contributed by atoms with Gasteiger partial charge in [0, 0.05) is 5.69 Å². The zero-order valence-electron chi connectivity index (χ0n) is 11.0. The number of carbonyl (C=O) groups excluding carboxylic acids is 1. The van der Waals surface area contributed by atoms with Crippen molar-refractivity contribution in [1.29, 1.82) is 0 Å². The number of benzene rings is 1. The lowest BCUT2D eigenvalue weighted by atomic mass is 10.0. The minimum atomic E-state index is -0.0237. The van der Waals surface area contributed by atoms with Crippen LogP contribution in [0.2, 0.25) is 0 Å². The molecule has 1 heterocycles. The van der Waals surface area contributed by atoms with Crippen LogP contribution in [0.3, 0.4) is 0 Å². The van der Waals surface area contributed by atoms with Crippen molar-refractivity contribution in [3.05, 3.63) is 29.3 Å². The first-order valence-electron chi connectivity index (χ1n) is 6.28. The number of amides is 1. The smallest absolute Gasteiger partial charge is 0.241 e. The number of nitrogens with one attached hydrogen (secondary N) is 2. The van der Waals surface area contributed by atoms with E-state index in [0.29, 0.717) is 0 Å². The zero-order chi connectivity index (χ0) is 12.3. The maximum Gasteiger partial charge on any atom is 0.241 e. The number of hydrogen-bond acceptors (Lipinski definition) is 2. The third kappa shape index (κ3) is 3.72. The van der Waals surface area contributed by atoms with Gasteiger partial charge in [-0.15, -0.1) is 12.4 Å². The minimum absolute atomic E-state index is 0. The van der Waals surface area contributed by atoms with Gasteiger partial charge >= 0.3 is 0 Å². The summed E-state index contributed by atoms with van der Waals surface area (Å²) in [6.07, 6.45) is 3.25. The van der Waals surface area contributed by atoms with Crippen molar-refractivity contribution in [2.75, 3.05) is 11.9 Å². The first-order valence-corrected chi connectivity index (χ1v) is 6.28. The summed E-state index contributed by atoms with van der Waals surface area (Å²) in [4.78, 5) is 12.0. The summed E-state index contributed by atoms with van der Waals surface area (Å²) in [5, 5.41) is 6.26. The molecule has 0 unspecified atom stereocenters. The first kappa shape index (κ1) is 15.0. The van der Waals surface area contributed by atoms with Crippen molar-refractivity contribution >= 4 is 24.0 Å². The fourth-order valence-corrected chi connectivity index (χ4v) is 2.25. The van der Waals surface area contributed by atoms with Crippen LogP contribution in [-0.4, -0.2) is 18.5 Å². The van der Waals surface area contributed by atoms with E-state index in [1.165, 1.54) is 12.0 Å². The van der Waals surface area contributed by atoms with Crippen molar-refractivity contribution in [2.24, 2.45) is 0 Å². The molecule has 0 aliphatic carbocycles. The minimum Gasteiger partial charge on any atom is -0.324 e. The Bertz CT molecular complexity index is 414. The van der Waals surface area contributed by atoms with Crippen LogP contribution in [0.15, 0.2) is 18.2 Å². The van der Waals surface area contributed by atoms with Gasteiger partial charge in [-0.3, -0.25) is 4.79 Å². The van der Waals surface area contributed by atoms with Crippen molar-refractivity contribution in [2.45, 2.75) is 39.2 Å². The molecule has 4 heteroatoms. The predicted molar refractivity (Wildman–Crippen MR) is 77.4 cm³/mol. The van der Waals surface area contributed by atoms with E-state index in [1.54, 1.807) is 0 Å². The van der Waals surface area contributed by atoms with Crippen molar-refractivity contribution < 1.29 is 4.79 Å². The number of halogens is 1. The van der Waals surface area contributed by atoms with E-state index < -0.39 is 0 Å². The van der Waals surface area contributed by atoms with E-state index in [-0.39, 0.29) is 24.4 Å². The molecule has 1 saturated heterocycles. The van der Waals surface area contributed by atoms with Crippen LogP contribution < -0.4 is 10.6 Å². The number of hydrogen-bond donors (Lipinski definition) is 2. The van der Waals surface area contributed by atoms with Crippen molar-refractivity contribution in [1.82, 2.24) is 5.32 Å². The van der Waals surface area contributed by atoms with E-state index in [2.05, 4.69) is 23.6 Å². The molecule has 3 nitrogen and oxygen atoms in total. The Kier molecular flexibility index (Phi) is 5.63. The Morgan fingerprint density at radius 2 is 2.11 bits per heavy atom. The fraction of sp³-hybridized carbons (Fsp3) is 0.500. The quantitative estimate of drug-likeness (QED) is 0.866. The van der Waals surface area contributed by atoms with Gasteiger partial charge in [0.2, 0.25) is 5.91 Å². The molecule has 1 aliphatic heterocycles. The Morgan fingerprint density at radius 1 is 1.33 bits per heavy atom. The SMILES string of the molecule is Cc1ccc(NC(=O)[C@@H]2CCCCN2)c(C)c1.Cl. The molecule has 0 radical (unpaired) electrons. The monoisotopic (exact) mass is 268 g/mol. The van der Waals surface area contributed by atoms with Gasteiger partial charge in [-0.25, -0.2) is 0 Å². The van der Waals surface area contributed by atoms with Gasteiger partial charge in [-0.1, -0.05) is 24.1 Å². The normalized spacial score (nSPS) is 18.9. The summed E-state index contributed by atoms with van der Waals surface area (Å²) < 4.78 is 0. The van der Waals surface area contributed by atoms with Gasteiger partial charge < -0.3 is 10.6 Å². The number of aryl methyl sites for hydroxylation is 2. The molecule has 0 bridgehead atoms. The second-order valence-electron chi connectivity index (χ2n) is 4.81. The van der Waals surface area contributed by atoms with Gasteiger partial charge in [0.1, 0.15) is 0 Å². The number of piperidine rings is 1. The molecule has 1 aliphatic rings. The highest BCUT2D eigenvalue weighted by Crippen LogP contribution is 2.17. The van der Waals surface area contributed by atoms with E-state index in [4.69, 9.17) is 0 Å². The molecular weight excluding hydrogens is 248 g/mol. The lowest BCUT2D eigenvalue weighted by molar-refractivity contribution is -0.118. The molecule has 2 rings (SSSR count). The lowest BCUT2D eigenvalue weighted by Crippen LogP contribution is -2.43. The van der Waals surface area contributed by atoms with Gasteiger partial charge in [-0.2, -0.15) is 0 Å². The largest absolute Gasteiger partial charge is 0.324 e. The van der Waals surface area contributed by atoms with Gasteiger partial charge in [-0.05, 0) is 44.9 Å². The Labute approximate surface area is 115 Å². The van der Waals surface area contributed by atoms with Crippen LogP contribution in [-0.2, 0) is 4.79 Å². The van der Waals surface area contributed by atoms with E-state index in [9.17, 15) is 4.79 Å². The van der Waals surface area contributed by atoms with Gasteiger partial charge in [0.15, 0.2) is 0 Å². The molecule has 18 heavy (non-hydrogen) atoms. The van der Waals surface area contributed by atoms with E-state index in [1.807, 2.05) is 19.1 Å². The molecule has 2 N–H and O–H groups in total. The second-order valence-corrected chi connectivity index (χ2v) is 4.81. The lowest BCUT2D eigenvalue weighted by Gasteiger charge is -2.23. The third-order valence-corrected chi connectivity index (χ3v) is 3.27. The molecule has 0 aromatic heterocycles. The highest BCUT2D eigenvalue weighted by Gasteiger charge is 2.20. The number of anilines is 1. The molecule has 1 atom stereocenters. The van der Waals surface area contributed by atoms with Crippen molar-refractivity contribution in [3.63, 3.8) is 0 Å². The Morgan fingerprint density at radius 3 is 2.72 bits per heavy atom. The predicted octanol–water partition coefficient (Wildman–Crippen LogP) is 2.81. The topological polar surface area (TPSA) is 41.1 Å². The second kappa shape index (κ2) is 6.76. The molecule has 1 aromatic rings. The van der Waals surface area contributed by atoms with Crippen molar-refractivity contribution in [3.8, 4) is 0 Å². The maximum atomic E-state index is 12.0. The zero-order valence-corrected chi connectivity index (χ0v) is 11.8. The Balaban J connectivity index is 0.00000162.